The van der Waals surface area contributed by atoms with Gasteiger partial charge in [0, 0.05) is 18.2 Å². The Kier molecular flexibility index (Phi) is 13.6. The number of anilines is 1. The molecule has 0 saturated carbocycles. The molecule has 0 aromatic heterocycles. The van der Waals surface area contributed by atoms with E-state index in [-0.39, 0.29) is 17.4 Å². The molecule has 0 fully saturated rings. The first kappa shape index (κ1) is 26.6. The summed E-state index contributed by atoms with van der Waals surface area (Å²) < 4.78 is 5.65. The second-order valence-corrected chi connectivity index (χ2v) is 8.79. The maximum atomic E-state index is 11.9. The Hall–Kier alpha value is -2.69. The van der Waals surface area contributed by atoms with Crippen LogP contribution in [0.1, 0.15) is 89.9 Å². The Morgan fingerprint density at radius 2 is 1.21 bits per heavy atom. The number of hydrogen-bond donors (Lipinski definition) is 3. The van der Waals surface area contributed by atoms with E-state index >= 15 is 0 Å². The molecule has 0 atom stereocenters. The molecule has 5 heteroatoms. The van der Waals surface area contributed by atoms with Gasteiger partial charge in [0.2, 0.25) is 5.91 Å². The Bertz CT molecular complexity index is 776. The van der Waals surface area contributed by atoms with Crippen LogP contribution < -0.4 is 10.1 Å². The van der Waals surface area contributed by atoms with Crippen molar-refractivity contribution in [3.05, 3.63) is 48.5 Å². The Labute approximate surface area is 199 Å². The minimum absolute atomic E-state index is 0.0460. The van der Waals surface area contributed by atoms with E-state index in [1.807, 2.05) is 6.07 Å². The molecule has 0 saturated heterocycles. The van der Waals surface area contributed by atoms with Crippen LogP contribution in [-0.2, 0) is 4.79 Å². The van der Waals surface area contributed by atoms with Crippen LogP contribution in [-0.4, -0.2) is 22.7 Å². The zero-order valence-corrected chi connectivity index (χ0v) is 19.9. The third-order valence-electron chi connectivity index (χ3n) is 5.79. The van der Waals surface area contributed by atoms with Crippen molar-refractivity contribution in [2.45, 2.75) is 89.9 Å². The van der Waals surface area contributed by atoms with Crippen molar-refractivity contribution in [2.24, 2.45) is 0 Å². The van der Waals surface area contributed by atoms with Crippen LogP contribution >= 0.6 is 0 Å². The third-order valence-corrected chi connectivity index (χ3v) is 5.79. The average Bonchev–Trinajstić information content (AvgIpc) is 2.80. The summed E-state index contributed by atoms with van der Waals surface area (Å²) in [5.41, 5.74) is 0.733. The highest BCUT2D eigenvalue weighted by molar-refractivity contribution is 5.90. The molecule has 2 aromatic carbocycles. The van der Waals surface area contributed by atoms with Gasteiger partial charge in [0.05, 0.1) is 6.61 Å². The number of rotatable bonds is 18. The SMILES string of the molecule is O=C(CCCCCCCCCCCCCCCOc1cccc(O)c1)Nc1ccc(O)cc1. The number of unbranched alkanes of at least 4 members (excludes halogenated alkanes) is 12. The molecule has 0 unspecified atom stereocenters. The zero-order chi connectivity index (χ0) is 23.6. The lowest BCUT2D eigenvalue weighted by Gasteiger charge is -2.06. The number of amides is 1. The van der Waals surface area contributed by atoms with Gasteiger partial charge in [0.15, 0.2) is 0 Å². The molecule has 0 aliphatic carbocycles. The van der Waals surface area contributed by atoms with Gasteiger partial charge in [-0.1, -0.05) is 76.7 Å². The number of ether oxygens (including phenoxy) is 1. The maximum Gasteiger partial charge on any atom is 0.224 e. The molecule has 33 heavy (non-hydrogen) atoms. The van der Waals surface area contributed by atoms with Crippen LogP contribution in [0.4, 0.5) is 5.69 Å². The van der Waals surface area contributed by atoms with Crippen LogP contribution in [0.15, 0.2) is 48.5 Å². The first-order valence-corrected chi connectivity index (χ1v) is 12.6. The Morgan fingerprint density at radius 3 is 1.79 bits per heavy atom. The monoisotopic (exact) mass is 455 g/mol. The fraction of sp³-hybridized carbons (Fsp3) is 0.536. The second-order valence-electron chi connectivity index (χ2n) is 8.79. The number of aromatic hydroxyl groups is 2. The molecule has 3 N–H and O–H groups in total. The fourth-order valence-electron chi connectivity index (χ4n) is 3.86. The number of carbonyl (C=O) groups is 1. The van der Waals surface area contributed by atoms with Crippen LogP contribution in [0.3, 0.4) is 0 Å². The van der Waals surface area contributed by atoms with Crippen LogP contribution in [0, 0.1) is 0 Å². The van der Waals surface area contributed by atoms with Crippen LogP contribution in [0.25, 0.3) is 0 Å². The molecule has 5 nitrogen and oxygen atoms in total. The summed E-state index contributed by atoms with van der Waals surface area (Å²) in [7, 11) is 0. The van der Waals surface area contributed by atoms with Gasteiger partial charge in [-0.05, 0) is 49.2 Å². The van der Waals surface area contributed by atoms with E-state index in [1.165, 1.54) is 64.2 Å². The molecule has 182 valence electrons. The van der Waals surface area contributed by atoms with Gasteiger partial charge in [0.1, 0.15) is 17.2 Å². The minimum atomic E-state index is 0.0460. The highest BCUT2D eigenvalue weighted by Gasteiger charge is 2.02. The van der Waals surface area contributed by atoms with E-state index in [9.17, 15) is 15.0 Å². The normalized spacial score (nSPS) is 10.8. The topological polar surface area (TPSA) is 78.8 Å². The van der Waals surface area contributed by atoms with Crippen LogP contribution in [0.5, 0.6) is 17.2 Å². The number of nitrogens with one attached hydrogen (secondary N) is 1. The van der Waals surface area contributed by atoms with Gasteiger partial charge in [-0.2, -0.15) is 0 Å². The smallest absolute Gasteiger partial charge is 0.224 e. The maximum absolute atomic E-state index is 11.9. The molecule has 0 spiro atoms. The van der Waals surface area contributed by atoms with Crippen molar-refractivity contribution in [1.29, 1.82) is 0 Å². The summed E-state index contributed by atoms with van der Waals surface area (Å²) in [4.78, 5) is 11.9. The number of phenolic OH excluding ortho intramolecular Hbond substituents is 2. The molecular formula is C28H41NO4. The summed E-state index contributed by atoms with van der Waals surface area (Å²) >= 11 is 0. The van der Waals surface area contributed by atoms with Crippen molar-refractivity contribution in [2.75, 3.05) is 11.9 Å². The summed E-state index contributed by atoms with van der Waals surface area (Å²) in [5, 5.41) is 21.5. The lowest BCUT2D eigenvalue weighted by molar-refractivity contribution is -0.116. The Morgan fingerprint density at radius 1 is 0.667 bits per heavy atom. The number of phenols is 2. The predicted octanol–water partition coefficient (Wildman–Crippen LogP) is 7.58. The van der Waals surface area contributed by atoms with Crippen molar-refractivity contribution in [1.82, 2.24) is 0 Å². The van der Waals surface area contributed by atoms with Crippen molar-refractivity contribution >= 4 is 11.6 Å². The fourth-order valence-corrected chi connectivity index (χ4v) is 3.86. The van der Waals surface area contributed by atoms with E-state index in [4.69, 9.17) is 4.74 Å². The third kappa shape index (κ3) is 13.5. The molecule has 0 aliphatic heterocycles. The van der Waals surface area contributed by atoms with Gasteiger partial charge < -0.3 is 20.3 Å². The standard InChI is InChI=1S/C28H41NO4/c30-25-20-18-24(19-21-25)29-28(32)17-12-10-8-6-4-2-1-3-5-7-9-11-13-22-33-27-16-14-15-26(31)23-27/h14-16,18-21,23,30-31H,1-13,17,22H2,(H,29,32). The summed E-state index contributed by atoms with van der Waals surface area (Å²) in [6.45, 7) is 0.715. The van der Waals surface area contributed by atoms with E-state index in [2.05, 4.69) is 5.32 Å². The highest BCUT2D eigenvalue weighted by Crippen LogP contribution is 2.18. The lowest BCUT2D eigenvalue weighted by atomic mass is 10.0. The van der Waals surface area contributed by atoms with Crippen molar-refractivity contribution < 1.29 is 19.7 Å². The summed E-state index contributed by atoms with van der Waals surface area (Å²) in [5.74, 6) is 1.24. The molecule has 1 amide bonds. The molecule has 2 aromatic rings. The van der Waals surface area contributed by atoms with Crippen LogP contribution in [0.2, 0.25) is 0 Å². The van der Waals surface area contributed by atoms with Gasteiger partial charge >= 0.3 is 0 Å². The highest BCUT2D eigenvalue weighted by atomic mass is 16.5. The lowest BCUT2D eigenvalue weighted by Crippen LogP contribution is -2.10. The Balaban J connectivity index is 1.29. The number of benzene rings is 2. The first-order chi connectivity index (χ1) is 16.1. The average molecular weight is 456 g/mol. The molecule has 0 radical (unpaired) electrons. The van der Waals surface area contributed by atoms with E-state index in [1.54, 1.807) is 42.5 Å². The quantitative estimate of drug-likeness (QED) is 0.160. The summed E-state index contributed by atoms with van der Waals surface area (Å²) in [6.07, 6.45) is 16.5. The van der Waals surface area contributed by atoms with Gasteiger partial charge in [-0.3, -0.25) is 4.79 Å². The molecular weight excluding hydrogens is 414 g/mol. The van der Waals surface area contributed by atoms with E-state index < -0.39 is 0 Å². The molecule has 0 aliphatic rings. The van der Waals surface area contributed by atoms with Crippen molar-refractivity contribution in [3.63, 3.8) is 0 Å². The minimum Gasteiger partial charge on any atom is -0.508 e. The molecule has 2 rings (SSSR count). The number of hydrogen-bond acceptors (Lipinski definition) is 4. The predicted molar refractivity (Wildman–Crippen MR) is 135 cm³/mol. The van der Waals surface area contributed by atoms with Gasteiger partial charge in [-0.15, -0.1) is 0 Å². The van der Waals surface area contributed by atoms with Crippen molar-refractivity contribution in [3.8, 4) is 17.2 Å². The van der Waals surface area contributed by atoms with Gasteiger partial charge in [-0.25, -0.2) is 0 Å². The largest absolute Gasteiger partial charge is 0.508 e. The summed E-state index contributed by atoms with van der Waals surface area (Å²) in [6, 6.07) is 13.6. The zero-order valence-electron chi connectivity index (χ0n) is 19.9. The molecule has 0 heterocycles. The first-order valence-electron chi connectivity index (χ1n) is 12.6. The second kappa shape index (κ2) is 16.9. The molecule has 0 bridgehead atoms. The van der Waals surface area contributed by atoms with E-state index in [0.29, 0.717) is 13.0 Å². The van der Waals surface area contributed by atoms with Gasteiger partial charge in [0.25, 0.3) is 0 Å². The van der Waals surface area contributed by atoms with E-state index in [0.717, 1.165) is 30.7 Å². The number of carbonyl (C=O) groups excluding carboxylic acids is 1.